The number of aromatic nitrogens is 3. The zero-order valence-corrected chi connectivity index (χ0v) is 17.6. The van der Waals surface area contributed by atoms with Crippen LogP contribution in [0.4, 0.5) is 25.1 Å². The van der Waals surface area contributed by atoms with E-state index in [1.54, 1.807) is 0 Å². The lowest BCUT2D eigenvalue weighted by molar-refractivity contribution is -0.137. The molecule has 2 aliphatic rings. The molecule has 2 aromatic rings. The minimum atomic E-state index is -4.65. The van der Waals surface area contributed by atoms with E-state index >= 15 is 0 Å². The molecule has 2 N–H and O–H groups in total. The molecular formula is C20H24F3N7O2. The van der Waals surface area contributed by atoms with Crippen molar-refractivity contribution in [2.24, 2.45) is 5.73 Å². The monoisotopic (exact) mass is 451 g/mol. The molecule has 0 radical (unpaired) electrons. The average molecular weight is 451 g/mol. The van der Waals surface area contributed by atoms with Crippen molar-refractivity contribution in [2.75, 3.05) is 69.3 Å². The molecule has 32 heavy (non-hydrogen) atoms. The first-order valence-corrected chi connectivity index (χ1v) is 10.3. The predicted molar refractivity (Wildman–Crippen MR) is 112 cm³/mol. The smallest absolute Gasteiger partial charge is 0.378 e. The van der Waals surface area contributed by atoms with Crippen molar-refractivity contribution in [2.45, 2.75) is 6.18 Å². The number of primary amides is 1. The minimum Gasteiger partial charge on any atom is -0.378 e. The predicted octanol–water partition coefficient (Wildman–Crippen LogP) is 1.24. The van der Waals surface area contributed by atoms with Gasteiger partial charge in [0.2, 0.25) is 17.8 Å². The Morgan fingerprint density at radius 3 is 2.09 bits per heavy atom. The highest BCUT2D eigenvalue weighted by Gasteiger charge is 2.32. The minimum absolute atomic E-state index is 0.0564. The van der Waals surface area contributed by atoms with Crippen molar-refractivity contribution < 1.29 is 22.7 Å². The van der Waals surface area contributed by atoms with E-state index in [0.29, 0.717) is 51.3 Å². The van der Waals surface area contributed by atoms with Crippen molar-refractivity contribution in [3.05, 3.63) is 29.3 Å². The van der Waals surface area contributed by atoms with E-state index in [-0.39, 0.29) is 17.0 Å². The Kier molecular flexibility index (Phi) is 6.15. The fraction of sp³-hybridized carbons (Fsp3) is 0.500. The molecule has 1 amide bonds. The molecule has 2 fully saturated rings. The van der Waals surface area contributed by atoms with Gasteiger partial charge in [-0.25, -0.2) is 0 Å². The van der Waals surface area contributed by atoms with Crippen LogP contribution in [0.1, 0.15) is 15.9 Å². The van der Waals surface area contributed by atoms with Crippen LogP contribution in [-0.4, -0.2) is 85.3 Å². The molecule has 1 aromatic carbocycles. The SMILES string of the molecule is CN1CCN(c2nc(-c3cc(C(N)=O)cc(C(F)(F)F)c3)nc(N3CCOCC3)n2)CC1. The maximum absolute atomic E-state index is 13.5. The third kappa shape index (κ3) is 4.91. The van der Waals surface area contributed by atoms with Gasteiger partial charge in [-0.1, -0.05) is 0 Å². The van der Waals surface area contributed by atoms with E-state index in [0.717, 1.165) is 25.2 Å². The fourth-order valence-electron chi connectivity index (χ4n) is 3.60. The van der Waals surface area contributed by atoms with Gasteiger partial charge in [0.05, 0.1) is 18.8 Å². The molecule has 3 heterocycles. The topological polar surface area (TPSA) is 101 Å². The molecule has 0 bridgehead atoms. The van der Waals surface area contributed by atoms with Gasteiger partial charge in [0.25, 0.3) is 0 Å². The van der Waals surface area contributed by atoms with Crippen molar-refractivity contribution in [3.8, 4) is 11.4 Å². The van der Waals surface area contributed by atoms with Crippen LogP contribution in [0.5, 0.6) is 0 Å². The number of benzene rings is 1. The van der Waals surface area contributed by atoms with Gasteiger partial charge >= 0.3 is 6.18 Å². The van der Waals surface area contributed by atoms with Crippen LogP contribution in [0.15, 0.2) is 18.2 Å². The van der Waals surface area contributed by atoms with E-state index in [1.165, 1.54) is 6.07 Å². The normalized spacial score (nSPS) is 18.1. The van der Waals surface area contributed by atoms with Crippen molar-refractivity contribution in [3.63, 3.8) is 0 Å². The maximum Gasteiger partial charge on any atom is 0.416 e. The number of ether oxygens (including phenoxy) is 1. The number of nitrogens with two attached hydrogens (primary N) is 1. The summed E-state index contributed by atoms with van der Waals surface area (Å²) in [6, 6.07) is 2.94. The highest BCUT2D eigenvalue weighted by molar-refractivity contribution is 5.94. The molecule has 0 spiro atoms. The third-order valence-corrected chi connectivity index (χ3v) is 5.49. The Hall–Kier alpha value is -2.99. The summed E-state index contributed by atoms with van der Waals surface area (Å²) in [7, 11) is 2.02. The molecule has 0 atom stereocenters. The Balaban J connectivity index is 1.81. The second kappa shape index (κ2) is 8.87. The van der Waals surface area contributed by atoms with E-state index in [1.807, 2.05) is 16.8 Å². The Bertz CT molecular complexity index is 988. The number of rotatable bonds is 4. The summed E-state index contributed by atoms with van der Waals surface area (Å²) < 4.78 is 45.8. The first kappa shape index (κ1) is 22.2. The molecular weight excluding hydrogens is 427 g/mol. The summed E-state index contributed by atoms with van der Waals surface area (Å²) in [5.74, 6) is -0.143. The second-order valence-electron chi connectivity index (χ2n) is 7.81. The zero-order valence-electron chi connectivity index (χ0n) is 17.6. The van der Waals surface area contributed by atoms with Crippen molar-refractivity contribution >= 4 is 17.8 Å². The molecule has 9 nitrogen and oxygen atoms in total. The number of morpholine rings is 1. The molecule has 2 aliphatic heterocycles. The fourth-order valence-corrected chi connectivity index (χ4v) is 3.60. The van der Waals surface area contributed by atoms with E-state index in [2.05, 4.69) is 19.9 Å². The number of carbonyl (C=O) groups is 1. The van der Waals surface area contributed by atoms with Gasteiger partial charge in [-0.3, -0.25) is 4.79 Å². The first-order valence-electron chi connectivity index (χ1n) is 10.3. The van der Waals surface area contributed by atoms with E-state index in [9.17, 15) is 18.0 Å². The van der Waals surface area contributed by atoms with Crippen LogP contribution >= 0.6 is 0 Å². The quantitative estimate of drug-likeness (QED) is 0.741. The number of halogens is 3. The number of piperazine rings is 1. The number of likely N-dealkylation sites (N-methyl/N-ethyl adjacent to an activating group) is 1. The third-order valence-electron chi connectivity index (χ3n) is 5.49. The van der Waals surface area contributed by atoms with Crippen LogP contribution in [0.25, 0.3) is 11.4 Å². The molecule has 0 saturated carbocycles. The number of amides is 1. The number of alkyl halides is 3. The first-order chi connectivity index (χ1) is 15.2. The van der Waals surface area contributed by atoms with E-state index < -0.39 is 17.6 Å². The van der Waals surface area contributed by atoms with Crippen LogP contribution < -0.4 is 15.5 Å². The number of anilines is 2. The summed E-state index contributed by atoms with van der Waals surface area (Å²) in [4.78, 5) is 31.3. The summed E-state index contributed by atoms with van der Waals surface area (Å²) in [6.07, 6.45) is -4.65. The number of nitrogens with zero attached hydrogens (tertiary/aromatic N) is 6. The Morgan fingerprint density at radius 1 is 0.938 bits per heavy atom. The zero-order chi connectivity index (χ0) is 22.9. The number of hydrogen-bond donors (Lipinski definition) is 1. The lowest BCUT2D eigenvalue weighted by atomic mass is 10.0. The Morgan fingerprint density at radius 2 is 1.53 bits per heavy atom. The van der Waals surface area contributed by atoms with Gasteiger partial charge in [0, 0.05) is 50.4 Å². The van der Waals surface area contributed by atoms with Gasteiger partial charge in [0.15, 0.2) is 5.82 Å². The molecule has 0 unspecified atom stereocenters. The van der Waals surface area contributed by atoms with Crippen LogP contribution in [0.3, 0.4) is 0 Å². The second-order valence-corrected chi connectivity index (χ2v) is 7.81. The average Bonchev–Trinajstić information content (AvgIpc) is 2.79. The maximum atomic E-state index is 13.5. The van der Waals surface area contributed by atoms with Gasteiger partial charge in [0.1, 0.15) is 0 Å². The number of hydrogen-bond acceptors (Lipinski definition) is 8. The highest BCUT2D eigenvalue weighted by Crippen LogP contribution is 2.33. The summed E-state index contributed by atoms with van der Waals surface area (Å²) >= 11 is 0. The van der Waals surface area contributed by atoms with Crippen molar-refractivity contribution in [1.82, 2.24) is 19.9 Å². The van der Waals surface area contributed by atoms with Gasteiger partial charge in [-0.05, 0) is 25.2 Å². The summed E-state index contributed by atoms with van der Waals surface area (Å²) in [5.41, 5.74) is 4.09. The van der Waals surface area contributed by atoms with Crippen LogP contribution in [-0.2, 0) is 10.9 Å². The van der Waals surface area contributed by atoms with Crippen LogP contribution in [0.2, 0.25) is 0 Å². The van der Waals surface area contributed by atoms with Gasteiger partial charge < -0.3 is 25.2 Å². The number of carbonyl (C=O) groups excluding carboxylic acids is 1. The molecule has 12 heteroatoms. The lowest BCUT2D eigenvalue weighted by Gasteiger charge is -2.33. The lowest BCUT2D eigenvalue weighted by Crippen LogP contribution is -2.45. The van der Waals surface area contributed by atoms with E-state index in [4.69, 9.17) is 10.5 Å². The van der Waals surface area contributed by atoms with Crippen molar-refractivity contribution in [1.29, 1.82) is 0 Å². The summed E-state index contributed by atoms with van der Waals surface area (Å²) in [6.45, 7) is 5.09. The molecule has 0 aliphatic carbocycles. The van der Waals surface area contributed by atoms with Crippen LogP contribution in [0, 0.1) is 0 Å². The largest absolute Gasteiger partial charge is 0.416 e. The summed E-state index contributed by atoms with van der Waals surface area (Å²) in [5, 5.41) is 0. The molecule has 1 aromatic heterocycles. The van der Waals surface area contributed by atoms with Gasteiger partial charge in [-0.15, -0.1) is 0 Å². The van der Waals surface area contributed by atoms with Gasteiger partial charge in [-0.2, -0.15) is 28.1 Å². The molecule has 172 valence electrons. The highest BCUT2D eigenvalue weighted by atomic mass is 19.4. The molecule has 2 saturated heterocycles. The molecule has 4 rings (SSSR count). The standard InChI is InChI=1S/C20H24F3N7O2/c1-28-2-4-29(5-3-28)18-25-17(26-19(27-18)30-6-8-32-9-7-30)14-10-13(16(24)31)11-15(12-14)20(21,22)23/h10-12H,2-9H2,1H3,(H2,24,31). The Labute approximate surface area is 183 Å².